The van der Waals surface area contributed by atoms with Crippen LogP contribution in [0.15, 0.2) is 48.5 Å². The van der Waals surface area contributed by atoms with E-state index in [2.05, 4.69) is 23.6 Å². The predicted molar refractivity (Wildman–Crippen MR) is 89.0 cm³/mol. The minimum absolute atomic E-state index is 0.0392. The van der Waals surface area contributed by atoms with Crippen molar-refractivity contribution in [2.45, 2.75) is 26.2 Å². The number of amides is 1. The van der Waals surface area contributed by atoms with Crippen molar-refractivity contribution < 1.29 is 4.79 Å². The molecule has 1 amide bonds. The van der Waals surface area contributed by atoms with Gasteiger partial charge in [0.05, 0.1) is 11.3 Å². The van der Waals surface area contributed by atoms with Crippen molar-refractivity contribution >= 4 is 23.0 Å². The van der Waals surface area contributed by atoms with Gasteiger partial charge in [0, 0.05) is 17.8 Å². The van der Waals surface area contributed by atoms with Crippen LogP contribution in [0.3, 0.4) is 0 Å². The molecule has 0 unspecified atom stereocenters. The molecular formula is C18H19N3O. The molecule has 4 heteroatoms. The summed E-state index contributed by atoms with van der Waals surface area (Å²) >= 11 is 0. The summed E-state index contributed by atoms with van der Waals surface area (Å²) in [5.41, 5.74) is 3.01. The van der Waals surface area contributed by atoms with E-state index in [1.54, 1.807) is 6.07 Å². The molecule has 0 aliphatic carbocycles. The lowest BCUT2D eigenvalue weighted by atomic mass is 10.2. The molecule has 0 aromatic heterocycles. The van der Waals surface area contributed by atoms with Crippen LogP contribution in [0.25, 0.3) is 0 Å². The van der Waals surface area contributed by atoms with Crippen molar-refractivity contribution in [1.29, 1.82) is 5.26 Å². The van der Waals surface area contributed by atoms with Crippen LogP contribution in [-0.2, 0) is 4.79 Å². The number of nitrogens with one attached hydrogen (secondary N) is 2. The van der Waals surface area contributed by atoms with E-state index in [1.165, 1.54) is 0 Å². The van der Waals surface area contributed by atoms with Crippen LogP contribution in [0.4, 0.5) is 17.1 Å². The molecule has 2 N–H and O–H groups in total. The zero-order chi connectivity index (χ0) is 15.8. The van der Waals surface area contributed by atoms with Gasteiger partial charge in [-0.25, -0.2) is 0 Å². The molecule has 2 aromatic rings. The Labute approximate surface area is 130 Å². The van der Waals surface area contributed by atoms with Crippen molar-refractivity contribution in [2.75, 3.05) is 10.6 Å². The van der Waals surface area contributed by atoms with E-state index >= 15 is 0 Å². The number of anilines is 3. The molecule has 0 saturated carbocycles. The van der Waals surface area contributed by atoms with Crippen LogP contribution < -0.4 is 10.6 Å². The third-order valence-corrected chi connectivity index (χ3v) is 3.25. The number of unbranched alkanes of at least 4 members (excludes halogenated alkanes) is 1. The molecule has 0 heterocycles. The van der Waals surface area contributed by atoms with Crippen LogP contribution in [0.1, 0.15) is 31.7 Å². The lowest BCUT2D eigenvalue weighted by molar-refractivity contribution is -0.116. The van der Waals surface area contributed by atoms with Gasteiger partial charge in [0.15, 0.2) is 0 Å². The Morgan fingerprint density at radius 2 is 1.77 bits per heavy atom. The number of para-hydroxylation sites is 1. The minimum Gasteiger partial charge on any atom is -0.354 e. The molecule has 0 fully saturated rings. The van der Waals surface area contributed by atoms with Gasteiger partial charge in [0.1, 0.15) is 6.07 Å². The lowest BCUT2D eigenvalue weighted by Crippen LogP contribution is -2.10. The Balaban J connectivity index is 2.00. The van der Waals surface area contributed by atoms with Crippen LogP contribution >= 0.6 is 0 Å². The molecule has 4 nitrogen and oxygen atoms in total. The average molecular weight is 293 g/mol. The summed E-state index contributed by atoms with van der Waals surface area (Å²) in [6.07, 6.45) is 2.46. The maximum absolute atomic E-state index is 11.7. The second-order valence-corrected chi connectivity index (χ2v) is 5.01. The number of benzene rings is 2. The van der Waals surface area contributed by atoms with Gasteiger partial charge in [-0.3, -0.25) is 4.79 Å². The Morgan fingerprint density at radius 1 is 1.09 bits per heavy atom. The van der Waals surface area contributed by atoms with Gasteiger partial charge in [-0.15, -0.1) is 0 Å². The summed E-state index contributed by atoms with van der Waals surface area (Å²) in [5.74, 6) is 0.0392. The van der Waals surface area contributed by atoms with E-state index in [0.717, 1.165) is 29.9 Å². The predicted octanol–water partition coefficient (Wildman–Crippen LogP) is 4.43. The number of carbonyl (C=O) groups is 1. The summed E-state index contributed by atoms with van der Waals surface area (Å²) in [5, 5.41) is 15.1. The third kappa shape index (κ3) is 4.35. The maximum atomic E-state index is 11.7. The summed E-state index contributed by atoms with van der Waals surface area (Å²) in [4.78, 5) is 11.7. The summed E-state index contributed by atoms with van der Waals surface area (Å²) < 4.78 is 0. The molecule has 0 aliphatic heterocycles. The second kappa shape index (κ2) is 7.84. The molecule has 2 rings (SSSR count). The first kappa shape index (κ1) is 15.6. The van der Waals surface area contributed by atoms with E-state index in [9.17, 15) is 4.79 Å². The molecule has 0 atom stereocenters. The van der Waals surface area contributed by atoms with E-state index in [0.29, 0.717) is 12.0 Å². The highest BCUT2D eigenvalue weighted by Gasteiger charge is 2.03. The van der Waals surface area contributed by atoms with E-state index in [1.807, 2.05) is 42.5 Å². The molecule has 0 aliphatic rings. The highest BCUT2D eigenvalue weighted by atomic mass is 16.1. The first-order valence-corrected chi connectivity index (χ1v) is 7.39. The largest absolute Gasteiger partial charge is 0.354 e. The van der Waals surface area contributed by atoms with E-state index in [4.69, 9.17) is 5.26 Å². The van der Waals surface area contributed by atoms with Gasteiger partial charge in [0.25, 0.3) is 0 Å². The summed E-state index contributed by atoms with van der Waals surface area (Å²) in [6, 6.07) is 16.9. The molecule has 2 aromatic carbocycles. The smallest absolute Gasteiger partial charge is 0.224 e. The molecule has 0 bridgehead atoms. The number of rotatable bonds is 6. The Bertz CT molecular complexity index is 671. The first-order chi connectivity index (χ1) is 10.7. The SMILES string of the molecule is CCCCC(=O)Nc1ccc(Nc2ccccc2C#N)cc1. The monoisotopic (exact) mass is 293 g/mol. The minimum atomic E-state index is 0.0392. The van der Waals surface area contributed by atoms with Gasteiger partial charge < -0.3 is 10.6 Å². The molecule has 0 saturated heterocycles. The van der Waals surface area contributed by atoms with Crippen molar-refractivity contribution in [3.05, 3.63) is 54.1 Å². The maximum Gasteiger partial charge on any atom is 0.224 e. The number of nitriles is 1. The van der Waals surface area contributed by atoms with Gasteiger partial charge in [-0.1, -0.05) is 25.5 Å². The standard InChI is InChI=1S/C18H19N3O/c1-2-3-8-18(22)21-16-11-9-15(10-12-16)20-17-7-5-4-6-14(17)13-19/h4-7,9-12,20H,2-3,8H2,1H3,(H,21,22). The van der Waals surface area contributed by atoms with Crippen LogP contribution in [0.5, 0.6) is 0 Å². The van der Waals surface area contributed by atoms with Gasteiger partial charge in [-0.2, -0.15) is 5.26 Å². The van der Waals surface area contributed by atoms with Crippen LogP contribution in [0.2, 0.25) is 0 Å². The van der Waals surface area contributed by atoms with Gasteiger partial charge in [0.2, 0.25) is 5.91 Å². The molecule has 112 valence electrons. The summed E-state index contributed by atoms with van der Waals surface area (Å²) in [6.45, 7) is 2.06. The Hall–Kier alpha value is -2.80. The number of carbonyl (C=O) groups excluding carboxylic acids is 1. The van der Waals surface area contributed by atoms with Crippen molar-refractivity contribution in [3.8, 4) is 6.07 Å². The van der Waals surface area contributed by atoms with Gasteiger partial charge >= 0.3 is 0 Å². The zero-order valence-corrected chi connectivity index (χ0v) is 12.6. The van der Waals surface area contributed by atoms with Crippen molar-refractivity contribution in [1.82, 2.24) is 0 Å². The zero-order valence-electron chi connectivity index (χ0n) is 12.6. The summed E-state index contributed by atoms with van der Waals surface area (Å²) in [7, 11) is 0. The fourth-order valence-corrected chi connectivity index (χ4v) is 2.04. The van der Waals surface area contributed by atoms with Crippen molar-refractivity contribution in [3.63, 3.8) is 0 Å². The third-order valence-electron chi connectivity index (χ3n) is 3.25. The van der Waals surface area contributed by atoms with E-state index < -0.39 is 0 Å². The Kier molecular flexibility index (Phi) is 5.56. The number of nitrogens with zero attached hydrogens (tertiary/aromatic N) is 1. The topological polar surface area (TPSA) is 64.9 Å². The van der Waals surface area contributed by atoms with Crippen LogP contribution in [0, 0.1) is 11.3 Å². The fourth-order valence-electron chi connectivity index (χ4n) is 2.04. The lowest BCUT2D eigenvalue weighted by Gasteiger charge is -2.09. The fraction of sp³-hybridized carbons (Fsp3) is 0.222. The molecule has 22 heavy (non-hydrogen) atoms. The molecular weight excluding hydrogens is 274 g/mol. The van der Waals surface area contributed by atoms with Crippen molar-refractivity contribution in [2.24, 2.45) is 0 Å². The number of hydrogen-bond donors (Lipinski definition) is 2. The van der Waals surface area contributed by atoms with Gasteiger partial charge in [-0.05, 0) is 42.8 Å². The highest BCUT2D eigenvalue weighted by molar-refractivity contribution is 5.90. The average Bonchev–Trinajstić information content (AvgIpc) is 2.55. The normalized spacial score (nSPS) is 9.82. The Morgan fingerprint density at radius 3 is 2.45 bits per heavy atom. The number of hydrogen-bond acceptors (Lipinski definition) is 3. The van der Waals surface area contributed by atoms with Crippen LogP contribution in [-0.4, -0.2) is 5.91 Å². The highest BCUT2D eigenvalue weighted by Crippen LogP contribution is 2.21. The first-order valence-electron chi connectivity index (χ1n) is 7.39. The van der Waals surface area contributed by atoms with E-state index in [-0.39, 0.29) is 5.91 Å². The quantitative estimate of drug-likeness (QED) is 0.828. The second-order valence-electron chi connectivity index (χ2n) is 5.01. The molecule has 0 spiro atoms. The molecule has 0 radical (unpaired) electrons.